The zero-order chi connectivity index (χ0) is 15.6. The van der Waals surface area contributed by atoms with Crippen molar-refractivity contribution in [1.82, 2.24) is 24.5 Å². The molecule has 0 atom stereocenters. The quantitative estimate of drug-likeness (QED) is 0.907. The van der Waals surface area contributed by atoms with Crippen LogP contribution in [-0.2, 0) is 19.3 Å². The van der Waals surface area contributed by atoms with E-state index in [0.717, 1.165) is 6.42 Å². The van der Waals surface area contributed by atoms with Gasteiger partial charge in [-0.2, -0.15) is 13.2 Å². The SMILES string of the molecule is CCCn1cncc1Cn1nnc(C(=O)O)c1C(F)(F)F. The number of nitrogens with zero attached hydrogens (tertiary/aromatic N) is 5. The number of carboxylic acid groups (broad SMARTS) is 1. The van der Waals surface area contributed by atoms with E-state index in [9.17, 15) is 18.0 Å². The maximum atomic E-state index is 13.0. The minimum Gasteiger partial charge on any atom is -0.476 e. The molecule has 7 nitrogen and oxygen atoms in total. The van der Waals surface area contributed by atoms with Crippen molar-refractivity contribution in [1.29, 1.82) is 0 Å². The molecule has 0 bridgehead atoms. The van der Waals surface area contributed by atoms with Crippen molar-refractivity contribution in [2.24, 2.45) is 0 Å². The highest BCUT2D eigenvalue weighted by Gasteiger charge is 2.41. The second-order valence-corrected chi connectivity index (χ2v) is 4.33. The van der Waals surface area contributed by atoms with Crippen molar-refractivity contribution >= 4 is 5.97 Å². The predicted octanol–water partition coefficient (Wildman–Crippen LogP) is 1.65. The number of aromatic nitrogens is 5. The van der Waals surface area contributed by atoms with Gasteiger partial charge in [-0.3, -0.25) is 0 Å². The standard InChI is InChI=1S/C11H12F3N5O2/c1-2-3-18-6-15-4-7(18)5-19-9(11(12,13)14)8(10(20)21)16-17-19/h4,6H,2-3,5H2,1H3,(H,20,21). The summed E-state index contributed by atoms with van der Waals surface area (Å²) < 4.78 is 41.2. The summed E-state index contributed by atoms with van der Waals surface area (Å²) >= 11 is 0. The lowest BCUT2D eigenvalue weighted by Gasteiger charge is -2.11. The molecule has 2 aromatic heterocycles. The van der Waals surface area contributed by atoms with E-state index in [2.05, 4.69) is 15.3 Å². The van der Waals surface area contributed by atoms with Gasteiger partial charge in [-0.1, -0.05) is 12.1 Å². The first-order valence-electron chi connectivity index (χ1n) is 6.07. The van der Waals surface area contributed by atoms with Crippen molar-refractivity contribution in [2.45, 2.75) is 32.6 Å². The van der Waals surface area contributed by atoms with Gasteiger partial charge in [0.2, 0.25) is 5.69 Å². The molecule has 0 fully saturated rings. The van der Waals surface area contributed by atoms with Gasteiger partial charge in [0, 0.05) is 6.54 Å². The fourth-order valence-electron chi connectivity index (χ4n) is 1.92. The molecule has 0 aliphatic carbocycles. The normalized spacial score (nSPS) is 11.8. The number of rotatable bonds is 5. The molecule has 0 aromatic carbocycles. The second-order valence-electron chi connectivity index (χ2n) is 4.33. The number of aromatic carboxylic acids is 1. The molecule has 0 aliphatic rings. The molecular formula is C11H12F3N5O2. The summed E-state index contributed by atoms with van der Waals surface area (Å²) in [4.78, 5) is 14.7. The molecule has 10 heteroatoms. The first kappa shape index (κ1) is 15.0. The van der Waals surface area contributed by atoms with Gasteiger partial charge in [-0.25, -0.2) is 14.5 Å². The van der Waals surface area contributed by atoms with Crippen LogP contribution in [0, 0.1) is 0 Å². The van der Waals surface area contributed by atoms with Gasteiger partial charge in [0.05, 0.1) is 24.8 Å². The monoisotopic (exact) mass is 303 g/mol. The van der Waals surface area contributed by atoms with Crippen molar-refractivity contribution in [3.63, 3.8) is 0 Å². The van der Waals surface area contributed by atoms with Crippen molar-refractivity contribution in [3.05, 3.63) is 29.6 Å². The van der Waals surface area contributed by atoms with E-state index in [1.165, 1.54) is 12.5 Å². The maximum Gasteiger partial charge on any atom is 0.435 e. The topological polar surface area (TPSA) is 85.8 Å². The van der Waals surface area contributed by atoms with Crippen LogP contribution in [0.3, 0.4) is 0 Å². The molecule has 2 aromatic rings. The molecule has 0 radical (unpaired) electrons. The predicted molar refractivity (Wildman–Crippen MR) is 63.6 cm³/mol. The van der Waals surface area contributed by atoms with Gasteiger partial charge in [0.15, 0.2) is 5.69 Å². The van der Waals surface area contributed by atoms with Crippen LogP contribution in [0.5, 0.6) is 0 Å². The number of hydrogen-bond donors (Lipinski definition) is 1. The van der Waals surface area contributed by atoms with Crippen molar-refractivity contribution in [2.75, 3.05) is 0 Å². The number of hydrogen-bond acceptors (Lipinski definition) is 4. The van der Waals surface area contributed by atoms with Crippen LogP contribution in [0.1, 0.15) is 35.2 Å². The van der Waals surface area contributed by atoms with Crippen molar-refractivity contribution in [3.8, 4) is 0 Å². The zero-order valence-electron chi connectivity index (χ0n) is 11.0. The fourth-order valence-corrected chi connectivity index (χ4v) is 1.92. The van der Waals surface area contributed by atoms with Crippen LogP contribution in [0.4, 0.5) is 13.2 Å². The van der Waals surface area contributed by atoms with Gasteiger partial charge in [-0.05, 0) is 6.42 Å². The number of carboxylic acids is 1. The highest BCUT2D eigenvalue weighted by molar-refractivity contribution is 5.86. The molecule has 2 heterocycles. The van der Waals surface area contributed by atoms with E-state index in [1.54, 1.807) is 4.57 Å². The molecule has 0 amide bonds. The summed E-state index contributed by atoms with van der Waals surface area (Å²) in [6, 6.07) is 0. The van der Waals surface area contributed by atoms with Crippen LogP contribution in [-0.4, -0.2) is 35.6 Å². The summed E-state index contributed by atoms with van der Waals surface area (Å²) in [5.41, 5.74) is -1.99. The Balaban J connectivity index is 2.41. The molecule has 0 saturated carbocycles. The van der Waals surface area contributed by atoms with E-state index in [4.69, 9.17) is 5.11 Å². The first-order valence-corrected chi connectivity index (χ1v) is 6.07. The molecule has 114 valence electrons. The van der Waals surface area contributed by atoms with Gasteiger partial charge in [-0.15, -0.1) is 5.10 Å². The van der Waals surface area contributed by atoms with E-state index in [0.29, 0.717) is 16.9 Å². The molecule has 2 rings (SSSR count). The third-order valence-electron chi connectivity index (χ3n) is 2.78. The lowest BCUT2D eigenvalue weighted by molar-refractivity contribution is -0.144. The third kappa shape index (κ3) is 3.03. The van der Waals surface area contributed by atoms with Crippen LogP contribution >= 0.6 is 0 Å². The molecule has 0 spiro atoms. The number of imidazole rings is 1. The number of halogens is 3. The van der Waals surface area contributed by atoms with E-state index >= 15 is 0 Å². The van der Waals surface area contributed by atoms with E-state index in [1.807, 2.05) is 6.92 Å². The Hall–Kier alpha value is -2.39. The molecule has 21 heavy (non-hydrogen) atoms. The average Bonchev–Trinajstić information content (AvgIpc) is 2.97. The van der Waals surface area contributed by atoms with Crippen LogP contribution in [0.2, 0.25) is 0 Å². The highest BCUT2D eigenvalue weighted by atomic mass is 19.4. The Kier molecular flexibility index (Phi) is 3.96. The van der Waals surface area contributed by atoms with Gasteiger partial charge >= 0.3 is 12.1 Å². The number of alkyl halides is 3. The Morgan fingerprint density at radius 3 is 2.71 bits per heavy atom. The molecule has 0 saturated heterocycles. The van der Waals surface area contributed by atoms with Gasteiger partial charge in [0.25, 0.3) is 0 Å². The third-order valence-corrected chi connectivity index (χ3v) is 2.78. The lowest BCUT2D eigenvalue weighted by atomic mass is 10.3. The summed E-state index contributed by atoms with van der Waals surface area (Å²) in [5.74, 6) is -1.77. The Bertz CT molecular complexity index is 647. The minimum absolute atomic E-state index is 0.255. The molecule has 0 aliphatic heterocycles. The van der Waals surface area contributed by atoms with Crippen LogP contribution < -0.4 is 0 Å². The lowest BCUT2D eigenvalue weighted by Crippen LogP contribution is -2.20. The Labute approximate surface area is 117 Å². The minimum atomic E-state index is -4.85. The fraction of sp³-hybridized carbons (Fsp3) is 0.455. The Morgan fingerprint density at radius 2 is 2.14 bits per heavy atom. The molecular weight excluding hydrogens is 291 g/mol. The van der Waals surface area contributed by atoms with Crippen molar-refractivity contribution < 1.29 is 23.1 Å². The van der Waals surface area contributed by atoms with Crippen LogP contribution in [0.15, 0.2) is 12.5 Å². The number of aryl methyl sites for hydroxylation is 1. The first-order chi connectivity index (χ1) is 9.84. The Morgan fingerprint density at radius 1 is 1.43 bits per heavy atom. The zero-order valence-corrected chi connectivity index (χ0v) is 11.0. The maximum absolute atomic E-state index is 13.0. The highest BCUT2D eigenvalue weighted by Crippen LogP contribution is 2.31. The average molecular weight is 303 g/mol. The van der Waals surface area contributed by atoms with E-state index < -0.39 is 23.5 Å². The molecule has 1 N–H and O–H groups in total. The van der Waals surface area contributed by atoms with Gasteiger partial charge < -0.3 is 9.67 Å². The molecule has 0 unspecified atom stereocenters. The summed E-state index contributed by atoms with van der Waals surface area (Å²) in [6.07, 6.45) is -1.15. The van der Waals surface area contributed by atoms with Crippen LogP contribution in [0.25, 0.3) is 0 Å². The summed E-state index contributed by atoms with van der Waals surface area (Å²) in [6.45, 7) is 2.26. The van der Waals surface area contributed by atoms with Gasteiger partial charge in [0.1, 0.15) is 0 Å². The summed E-state index contributed by atoms with van der Waals surface area (Å²) in [7, 11) is 0. The van der Waals surface area contributed by atoms with E-state index in [-0.39, 0.29) is 6.54 Å². The second kappa shape index (κ2) is 5.54. The largest absolute Gasteiger partial charge is 0.476 e. The summed E-state index contributed by atoms with van der Waals surface area (Å²) in [5, 5.41) is 15.2. The smallest absolute Gasteiger partial charge is 0.435 e. The number of carbonyl (C=O) groups is 1.